The Bertz CT molecular complexity index is 593. The molecule has 8 heteroatoms. The molecular weight excluding hydrogens is 304 g/mol. The number of nitrogens with zero attached hydrogens (tertiary/aromatic N) is 1. The van der Waals surface area contributed by atoms with Crippen molar-refractivity contribution in [3.8, 4) is 10.6 Å². The van der Waals surface area contributed by atoms with Gasteiger partial charge in [-0.05, 0) is 25.1 Å². The first-order valence-electron chi connectivity index (χ1n) is 5.29. The maximum absolute atomic E-state index is 12.7. The molecule has 2 aromatic rings. The smallest absolute Gasteiger partial charge is 0.241 e. The lowest BCUT2D eigenvalue weighted by atomic mass is 10.1. The van der Waals surface area contributed by atoms with Crippen molar-refractivity contribution in [3.63, 3.8) is 0 Å². The Morgan fingerprint density at radius 3 is 1.75 bits per heavy atom. The zero-order valence-electron chi connectivity index (χ0n) is 9.93. The van der Waals surface area contributed by atoms with Crippen molar-refractivity contribution in [2.24, 2.45) is 0 Å². The highest BCUT2D eigenvalue weighted by molar-refractivity contribution is 7.13. The molecular formula is C12H7F6NS. The van der Waals surface area contributed by atoms with Gasteiger partial charge in [-0.2, -0.15) is 26.3 Å². The second-order valence-electron chi connectivity index (χ2n) is 4.09. The molecule has 0 aliphatic heterocycles. The second kappa shape index (κ2) is 4.76. The molecule has 20 heavy (non-hydrogen) atoms. The van der Waals surface area contributed by atoms with E-state index in [1.807, 2.05) is 0 Å². The van der Waals surface area contributed by atoms with E-state index in [2.05, 4.69) is 4.98 Å². The predicted molar refractivity (Wildman–Crippen MR) is 62.3 cm³/mol. The Balaban J connectivity index is 2.63. The minimum Gasteiger partial charge on any atom is -0.241 e. The van der Waals surface area contributed by atoms with Crippen molar-refractivity contribution < 1.29 is 26.3 Å². The summed E-state index contributed by atoms with van der Waals surface area (Å²) < 4.78 is 76.0. The van der Waals surface area contributed by atoms with E-state index < -0.39 is 23.5 Å². The molecule has 1 nitrogen and oxygen atoms in total. The summed E-state index contributed by atoms with van der Waals surface area (Å²) in [7, 11) is 0. The second-order valence-corrected chi connectivity index (χ2v) is 4.95. The van der Waals surface area contributed by atoms with Crippen LogP contribution in [0.15, 0.2) is 23.6 Å². The normalized spacial score (nSPS) is 12.8. The predicted octanol–water partition coefficient (Wildman–Crippen LogP) is 5.16. The number of benzene rings is 1. The van der Waals surface area contributed by atoms with Gasteiger partial charge in [-0.25, -0.2) is 4.98 Å². The topological polar surface area (TPSA) is 12.9 Å². The van der Waals surface area contributed by atoms with Gasteiger partial charge in [-0.1, -0.05) is 0 Å². The van der Waals surface area contributed by atoms with Crippen LogP contribution in [0, 0.1) is 6.92 Å². The van der Waals surface area contributed by atoms with E-state index in [1.54, 1.807) is 12.3 Å². The summed E-state index contributed by atoms with van der Waals surface area (Å²) in [5, 5.41) is 1.68. The molecule has 0 radical (unpaired) electrons. The Labute approximate surface area is 113 Å². The highest BCUT2D eigenvalue weighted by Gasteiger charge is 2.37. The van der Waals surface area contributed by atoms with Gasteiger partial charge >= 0.3 is 12.4 Å². The fourth-order valence-electron chi connectivity index (χ4n) is 1.56. The number of aryl methyl sites for hydroxylation is 1. The fraction of sp³-hybridized carbons (Fsp3) is 0.250. The lowest BCUT2D eigenvalue weighted by molar-refractivity contribution is -0.143. The SMILES string of the molecule is Cc1csc(-c2cc(C(F)(F)F)cc(C(F)(F)F)c2)n1. The quantitative estimate of drug-likeness (QED) is 0.663. The molecule has 1 aromatic carbocycles. The third-order valence-electron chi connectivity index (χ3n) is 2.45. The van der Waals surface area contributed by atoms with Gasteiger partial charge in [0.1, 0.15) is 5.01 Å². The third kappa shape index (κ3) is 3.12. The van der Waals surface area contributed by atoms with Gasteiger partial charge in [0.15, 0.2) is 0 Å². The van der Waals surface area contributed by atoms with E-state index in [1.165, 1.54) is 0 Å². The lowest BCUT2D eigenvalue weighted by Crippen LogP contribution is -2.11. The van der Waals surface area contributed by atoms with Crippen LogP contribution in [-0.2, 0) is 12.4 Å². The highest BCUT2D eigenvalue weighted by atomic mass is 32.1. The average Bonchev–Trinajstić information content (AvgIpc) is 2.73. The van der Waals surface area contributed by atoms with Gasteiger partial charge in [-0.3, -0.25) is 0 Å². The molecule has 1 heterocycles. The van der Waals surface area contributed by atoms with Crippen molar-refractivity contribution in [1.29, 1.82) is 0 Å². The van der Waals surface area contributed by atoms with Gasteiger partial charge in [-0.15, -0.1) is 11.3 Å². The number of alkyl halides is 6. The Morgan fingerprint density at radius 1 is 0.900 bits per heavy atom. The molecule has 0 fully saturated rings. The molecule has 0 saturated heterocycles. The number of hydrogen-bond donors (Lipinski definition) is 0. The van der Waals surface area contributed by atoms with Crippen LogP contribution in [0.2, 0.25) is 0 Å². The number of rotatable bonds is 1. The van der Waals surface area contributed by atoms with E-state index in [0.29, 0.717) is 17.8 Å². The van der Waals surface area contributed by atoms with Gasteiger partial charge < -0.3 is 0 Å². The summed E-state index contributed by atoms with van der Waals surface area (Å²) in [6.45, 7) is 1.61. The molecule has 0 atom stereocenters. The largest absolute Gasteiger partial charge is 0.416 e. The summed E-state index contributed by atoms with van der Waals surface area (Å²) in [5.74, 6) is 0. The van der Waals surface area contributed by atoms with Crippen LogP contribution in [0.4, 0.5) is 26.3 Å². The number of halogens is 6. The first-order valence-corrected chi connectivity index (χ1v) is 6.17. The molecule has 2 rings (SSSR count). The average molecular weight is 311 g/mol. The zero-order valence-corrected chi connectivity index (χ0v) is 10.7. The van der Waals surface area contributed by atoms with Gasteiger partial charge in [0.05, 0.1) is 11.1 Å². The van der Waals surface area contributed by atoms with Crippen molar-refractivity contribution in [3.05, 3.63) is 40.4 Å². The van der Waals surface area contributed by atoms with E-state index in [4.69, 9.17) is 0 Å². The van der Waals surface area contributed by atoms with Crippen LogP contribution in [-0.4, -0.2) is 4.98 Å². The molecule has 1 aromatic heterocycles. The van der Waals surface area contributed by atoms with Gasteiger partial charge in [0, 0.05) is 16.6 Å². The molecule has 0 aliphatic rings. The van der Waals surface area contributed by atoms with Crippen LogP contribution in [0.1, 0.15) is 16.8 Å². The summed E-state index contributed by atoms with van der Waals surface area (Å²) in [6.07, 6.45) is -9.69. The van der Waals surface area contributed by atoms with Crippen LogP contribution < -0.4 is 0 Å². The van der Waals surface area contributed by atoms with Crippen molar-refractivity contribution in [2.75, 3.05) is 0 Å². The summed E-state index contributed by atoms with van der Waals surface area (Å²) in [5.41, 5.74) is -2.33. The lowest BCUT2D eigenvalue weighted by Gasteiger charge is -2.13. The molecule has 0 saturated carbocycles. The first-order chi connectivity index (χ1) is 9.07. The summed E-state index contributed by atoms with van der Waals surface area (Å²) >= 11 is 0.995. The van der Waals surface area contributed by atoms with E-state index in [-0.39, 0.29) is 16.6 Å². The molecule has 0 aliphatic carbocycles. The maximum Gasteiger partial charge on any atom is 0.416 e. The molecule has 0 unspecified atom stereocenters. The minimum absolute atomic E-state index is 0.101. The van der Waals surface area contributed by atoms with E-state index >= 15 is 0 Å². The number of hydrogen-bond acceptors (Lipinski definition) is 2. The van der Waals surface area contributed by atoms with Crippen molar-refractivity contribution in [2.45, 2.75) is 19.3 Å². The van der Waals surface area contributed by atoms with Crippen LogP contribution in [0.5, 0.6) is 0 Å². The monoisotopic (exact) mass is 311 g/mol. The third-order valence-corrected chi connectivity index (χ3v) is 3.46. The minimum atomic E-state index is -4.84. The zero-order chi connectivity index (χ0) is 15.1. The van der Waals surface area contributed by atoms with Gasteiger partial charge in [0.2, 0.25) is 0 Å². The highest BCUT2D eigenvalue weighted by Crippen LogP contribution is 2.39. The van der Waals surface area contributed by atoms with Gasteiger partial charge in [0.25, 0.3) is 0 Å². The van der Waals surface area contributed by atoms with E-state index in [9.17, 15) is 26.3 Å². The van der Waals surface area contributed by atoms with Crippen LogP contribution in [0.25, 0.3) is 10.6 Å². The molecule has 0 bridgehead atoms. The Kier molecular flexibility index (Phi) is 3.53. The Hall–Kier alpha value is -1.57. The van der Waals surface area contributed by atoms with Crippen LogP contribution >= 0.6 is 11.3 Å². The van der Waals surface area contributed by atoms with Crippen molar-refractivity contribution in [1.82, 2.24) is 4.98 Å². The molecule has 0 N–H and O–H groups in total. The standard InChI is InChI=1S/C12H7F6NS/c1-6-5-20-10(19-6)7-2-8(11(13,14)15)4-9(3-7)12(16,17)18/h2-5H,1H3. The molecule has 108 valence electrons. The number of thiazole rings is 1. The molecule has 0 amide bonds. The Morgan fingerprint density at radius 2 is 1.40 bits per heavy atom. The summed E-state index contributed by atoms with van der Waals surface area (Å²) in [4.78, 5) is 3.91. The van der Waals surface area contributed by atoms with Crippen molar-refractivity contribution >= 4 is 11.3 Å². The van der Waals surface area contributed by atoms with E-state index in [0.717, 1.165) is 11.3 Å². The summed E-state index contributed by atoms with van der Waals surface area (Å²) in [6, 6.07) is 1.45. The molecule has 0 spiro atoms. The number of aromatic nitrogens is 1. The maximum atomic E-state index is 12.7. The first kappa shape index (κ1) is 14.8. The fourth-order valence-corrected chi connectivity index (χ4v) is 2.35. The van der Waals surface area contributed by atoms with Crippen LogP contribution in [0.3, 0.4) is 0 Å².